The zero-order valence-electron chi connectivity index (χ0n) is 14.2. The Labute approximate surface area is 138 Å². The molecule has 0 bridgehead atoms. The number of nitrogens with one attached hydrogen (secondary N) is 2. The normalized spacial score (nSPS) is 29.3. The zero-order chi connectivity index (χ0) is 17.0. The smallest absolute Gasteiger partial charge is 0.243 e. The van der Waals surface area contributed by atoms with Crippen molar-refractivity contribution >= 4 is 11.8 Å². The van der Waals surface area contributed by atoms with Crippen LogP contribution in [0.3, 0.4) is 0 Å². The second-order valence-electron chi connectivity index (χ2n) is 7.10. The van der Waals surface area contributed by atoms with Gasteiger partial charge in [-0.05, 0) is 38.7 Å². The molecule has 6 heteroatoms. The van der Waals surface area contributed by atoms with Gasteiger partial charge >= 0.3 is 0 Å². The van der Waals surface area contributed by atoms with Gasteiger partial charge in [-0.3, -0.25) is 14.9 Å². The number of nitrogens with two attached hydrogens (primary N) is 1. The van der Waals surface area contributed by atoms with E-state index in [1.54, 1.807) is 0 Å². The molecule has 1 heterocycles. The molecule has 3 atom stereocenters. The Morgan fingerprint density at radius 2 is 2.04 bits per heavy atom. The van der Waals surface area contributed by atoms with Crippen LogP contribution in [0.4, 0.5) is 0 Å². The van der Waals surface area contributed by atoms with Crippen LogP contribution in [0.1, 0.15) is 52.4 Å². The van der Waals surface area contributed by atoms with Crippen molar-refractivity contribution in [2.24, 2.45) is 5.73 Å². The molecule has 2 rings (SSSR count). The number of hydrogen-bond acceptors (Lipinski definition) is 5. The third-order valence-corrected chi connectivity index (χ3v) is 4.85. The number of carbonyl (C=O) groups is 2. The van der Waals surface area contributed by atoms with E-state index in [1.165, 1.54) is 6.42 Å². The molecule has 0 aromatic heterocycles. The van der Waals surface area contributed by atoms with Crippen molar-refractivity contribution in [2.75, 3.05) is 6.54 Å². The van der Waals surface area contributed by atoms with Crippen LogP contribution >= 0.6 is 0 Å². The highest BCUT2D eigenvalue weighted by molar-refractivity contribution is 6.00. The maximum absolute atomic E-state index is 11.8. The van der Waals surface area contributed by atoms with Crippen LogP contribution in [0.15, 0.2) is 12.2 Å². The third-order valence-electron chi connectivity index (χ3n) is 4.85. The Hall–Kier alpha value is -1.24. The van der Waals surface area contributed by atoms with Gasteiger partial charge in [0.05, 0.1) is 17.7 Å². The molecule has 0 radical (unpaired) electrons. The average molecular weight is 323 g/mol. The number of ether oxygens (including phenoxy) is 1. The molecule has 1 aliphatic carbocycles. The second kappa shape index (κ2) is 7.55. The largest absolute Gasteiger partial charge is 0.366 e. The maximum atomic E-state index is 11.8. The fourth-order valence-corrected chi connectivity index (χ4v) is 3.08. The molecule has 4 N–H and O–H groups in total. The first-order chi connectivity index (χ1) is 10.8. The topological polar surface area (TPSA) is 93.5 Å². The summed E-state index contributed by atoms with van der Waals surface area (Å²) < 4.78 is 6.22. The lowest BCUT2D eigenvalue weighted by Gasteiger charge is -2.38. The highest BCUT2D eigenvalue weighted by atomic mass is 16.5. The quantitative estimate of drug-likeness (QED) is 0.501. The number of carbonyl (C=O) groups excluding carboxylic acids is 2. The SMILES string of the molecule is C=C(CNC1CCC(=O)NC1=O)C(C)(C)O[C@H]1CCCC[C@@H]1N. The van der Waals surface area contributed by atoms with Gasteiger partial charge < -0.3 is 15.8 Å². The number of piperidine rings is 1. The van der Waals surface area contributed by atoms with E-state index < -0.39 is 5.60 Å². The number of rotatable bonds is 6. The molecule has 23 heavy (non-hydrogen) atoms. The molecule has 1 unspecified atom stereocenters. The predicted molar refractivity (Wildman–Crippen MR) is 88.7 cm³/mol. The van der Waals surface area contributed by atoms with Crippen LogP contribution in [0.5, 0.6) is 0 Å². The van der Waals surface area contributed by atoms with Gasteiger partial charge in [-0.2, -0.15) is 0 Å². The van der Waals surface area contributed by atoms with Gasteiger partial charge in [-0.15, -0.1) is 0 Å². The molecule has 0 spiro atoms. The summed E-state index contributed by atoms with van der Waals surface area (Å²) >= 11 is 0. The summed E-state index contributed by atoms with van der Waals surface area (Å²) in [5.41, 5.74) is 6.52. The minimum atomic E-state index is -0.506. The maximum Gasteiger partial charge on any atom is 0.243 e. The summed E-state index contributed by atoms with van der Waals surface area (Å²) in [6, 6.07) is -0.267. The van der Waals surface area contributed by atoms with Crippen LogP contribution in [0.2, 0.25) is 0 Å². The Morgan fingerprint density at radius 1 is 1.35 bits per heavy atom. The van der Waals surface area contributed by atoms with Crippen molar-refractivity contribution in [1.82, 2.24) is 10.6 Å². The summed E-state index contributed by atoms with van der Waals surface area (Å²) in [5.74, 6) is -0.469. The molecule has 6 nitrogen and oxygen atoms in total. The molecule has 0 aromatic rings. The van der Waals surface area contributed by atoms with Crippen molar-refractivity contribution in [3.8, 4) is 0 Å². The van der Waals surface area contributed by atoms with Crippen LogP contribution in [-0.4, -0.2) is 42.1 Å². The third kappa shape index (κ3) is 4.86. The second-order valence-corrected chi connectivity index (χ2v) is 7.10. The molecular formula is C17H29N3O3. The standard InChI is InChI=1S/C17H29N3O3/c1-11(10-19-13-8-9-15(21)20-16(13)22)17(2,3)23-14-7-5-4-6-12(14)18/h12-14,19H,1,4-10,18H2,2-3H3,(H,20,21,22)/t12-,13?,14-/m0/s1. The highest BCUT2D eigenvalue weighted by Gasteiger charge is 2.32. The summed E-state index contributed by atoms with van der Waals surface area (Å²) in [6.07, 6.45) is 5.25. The zero-order valence-corrected chi connectivity index (χ0v) is 14.2. The van der Waals surface area contributed by atoms with Gasteiger partial charge in [0.15, 0.2) is 0 Å². The molecule has 1 aliphatic heterocycles. The monoisotopic (exact) mass is 323 g/mol. The highest BCUT2D eigenvalue weighted by Crippen LogP contribution is 2.28. The lowest BCUT2D eigenvalue weighted by molar-refractivity contribution is -0.134. The lowest BCUT2D eigenvalue weighted by atomic mass is 9.91. The molecule has 1 saturated carbocycles. The van der Waals surface area contributed by atoms with Crippen molar-refractivity contribution in [3.63, 3.8) is 0 Å². The first kappa shape index (κ1) is 18.1. The summed E-state index contributed by atoms with van der Waals surface area (Å²) in [4.78, 5) is 22.9. The van der Waals surface area contributed by atoms with E-state index >= 15 is 0 Å². The summed E-state index contributed by atoms with van der Waals surface area (Å²) in [6.45, 7) is 8.57. The number of hydrogen-bond donors (Lipinski definition) is 3. The Balaban J connectivity index is 1.83. The Kier molecular flexibility index (Phi) is 5.95. The van der Waals surface area contributed by atoms with Gasteiger partial charge in [0.1, 0.15) is 0 Å². The van der Waals surface area contributed by atoms with E-state index in [1.807, 2.05) is 13.8 Å². The van der Waals surface area contributed by atoms with Crippen LogP contribution in [0.25, 0.3) is 0 Å². The fourth-order valence-electron chi connectivity index (χ4n) is 3.08. The molecule has 0 aromatic carbocycles. The van der Waals surface area contributed by atoms with Crippen LogP contribution < -0.4 is 16.4 Å². The van der Waals surface area contributed by atoms with E-state index in [4.69, 9.17) is 10.5 Å². The molecular weight excluding hydrogens is 294 g/mol. The Bertz CT molecular complexity index is 476. The van der Waals surface area contributed by atoms with E-state index in [0.717, 1.165) is 24.8 Å². The number of amides is 2. The first-order valence-electron chi connectivity index (χ1n) is 8.48. The lowest BCUT2D eigenvalue weighted by Crippen LogP contribution is -2.52. The van der Waals surface area contributed by atoms with Crippen molar-refractivity contribution in [3.05, 3.63) is 12.2 Å². The van der Waals surface area contributed by atoms with Crippen molar-refractivity contribution in [1.29, 1.82) is 0 Å². The fraction of sp³-hybridized carbons (Fsp3) is 0.765. The first-order valence-corrected chi connectivity index (χ1v) is 8.48. The van der Waals surface area contributed by atoms with Gasteiger partial charge in [0.2, 0.25) is 11.8 Å². The minimum Gasteiger partial charge on any atom is -0.366 e. The minimum absolute atomic E-state index is 0.0612. The molecule has 2 fully saturated rings. The molecule has 1 saturated heterocycles. The van der Waals surface area contributed by atoms with Gasteiger partial charge in [-0.1, -0.05) is 19.4 Å². The van der Waals surface area contributed by atoms with Gasteiger partial charge in [0, 0.05) is 19.0 Å². The predicted octanol–water partition coefficient (Wildman–Crippen LogP) is 1.00. The van der Waals surface area contributed by atoms with Gasteiger partial charge in [-0.25, -0.2) is 0 Å². The molecule has 2 aliphatic rings. The van der Waals surface area contributed by atoms with E-state index in [9.17, 15) is 9.59 Å². The molecule has 130 valence electrons. The molecule has 2 amide bonds. The average Bonchev–Trinajstić information content (AvgIpc) is 2.48. The number of imide groups is 1. The van der Waals surface area contributed by atoms with Crippen LogP contribution in [0, 0.1) is 0 Å². The van der Waals surface area contributed by atoms with Crippen molar-refractivity contribution < 1.29 is 14.3 Å². The Morgan fingerprint density at radius 3 is 2.70 bits per heavy atom. The van der Waals surface area contributed by atoms with E-state index in [-0.39, 0.29) is 30.0 Å². The summed E-state index contributed by atoms with van der Waals surface area (Å²) in [5, 5.41) is 5.52. The van der Waals surface area contributed by atoms with Gasteiger partial charge in [0.25, 0.3) is 0 Å². The van der Waals surface area contributed by atoms with E-state index in [2.05, 4.69) is 17.2 Å². The van der Waals surface area contributed by atoms with Crippen LogP contribution in [-0.2, 0) is 14.3 Å². The van der Waals surface area contributed by atoms with Crippen molar-refractivity contribution in [2.45, 2.75) is 76.2 Å². The van der Waals surface area contributed by atoms with E-state index in [0.29, 0.717) is 19.4 Å². The summed E-state index contributed by atoms with van der Waals surface area (Å²) in [7, 11) is 0.